The Morgan fingerprint density at radius 3 is 3.18 bits per heavy atom. The first-order valence-electron chi connectivity index (χ1n) is 6.29. The number of hydrogen-bond donors (Lipinski definition) is 1. The molecule has 4 heteroatoms. The minimum absolute atomic E-state index is 0.0306. The van der Waals surface area contributed by atoms with Crippen molar-refractivity contribution in [3.05, 3.63) is 12.7 Å². The van der Waals surface area contributed by atoms with Gasteiger partial charge in [-0.25, -0.2) is 0 Å². The minimum Gasteiger partial charge on any atom is -0.374 e. The molecular formula is C13H21NO2S. The van der Waals surface area contributed by atoms with Gasteiger partial charge in [0.25, 0.3) is 0 Å². The molecule has 2 saturated heterocycles. The molecule has 0 saturated carbocycles. The zero-order chi connectivity index (χ0) is 12.3. The van der Waals surface area contributed by atoms with Crippen molar-refractivity contribution >= 4 is 17.5 Å². The smallest absolute Gasteiger partial charge is 0.153 e. The zero-order valence-corrected chi connectivity index (χ0v) is 11.0. The van der Waals surface area contributed by atoms with Gasteiger partial charge in [0, 0.05) is 18.3 Å². The molecule has 96 valence electrons. The second-order valence-corrected chi connectivity index (χ2v) is 6.16. The van der Waals surface area contributed by atoms with Crippen LogP contribution < -0.4 is 5.73 Å². The molecule has 2 aliphatic rings. The van der Waals surface area contributed by atoms with Crippen molar-refractivity contribution in [2.45, 2.75) is 37.3 Å². The fourth-order valence-corrected chi connectivity index (χ4v) is 4.11. The maximum Gasteiger partial charge on any atom is 0.153 e. The van der Waals surface area contributed by atoms with E-state index in [2.05, 4.69) is 6.58 Å². The molecule has 3 nitrogen and oxygen atoms in total. The second-order valence-electron chi connectivity index (χ2n) is 5.06. The monoisotopic (exact) mass is 255 g/mol. The van der Waals surface area contributed by atoms with E-state index >= 15 is 0 Å². The molecule has 3 atom stereocenters. The van der Waals surface area contributed by atoms with Crippen LogP contribution in [0.4, 0.5) is 0 Å². The zero-order valence-electron chi connectivity index (χ0n) is 10.2. The molecule has 17 heavy (non-hydrogen) atoms. The predicted octanol–water partition coefficient (Wildman–Crippen LogP) is 1.76. The maximum absolute atomic E-state index is 12.2. The number of rotatable bonds is 4. The van der Waals surface area contributed by atoms with Crippen LogP contribution in [-0.2, 0) is 9.53 Å². The number of ketones is 1. The highest BCUT2D eigenvalue weighted by atomic mass is 32.2. The number of nitrogens with two attached hydrogens (primary N) is 1. The molecule has 2 aliphatic heterocycles. The minimum atomic E-state index is -0.373. The average molecular weight is 255 g/mol. The third kappa shape index (κ3) is 2.92. The summed E-state index contributed by atoms with van der Waals surface area (Å²) in [7, 11) is 0. The fourth-order valence-electron chi connectivity index (χ4n) is 2.73. The highest BCUT2D eigenvalue weighted by Gasteiger charge is 2.42. The maximum atomic E-state index is 12.2. The van der Waals surface area contributed by atoms with E-state index in [-0.39, 0.29) is 23.3 Å². The van der Waals surface area contributed by atoms with Gasteiger partial charge in [-0.2, -0.15) is 11.8 Å². The summed E-state index contributed by atoms with van der Waals surface area (Å²) in [5.74, 6) is 2.48. The number of thioether (sulfide) groups is 1. The first-order chi connectivity index (χ1) is 8.17. The normalized spacial score (nSPS) is 34.8. The van der Waals surface area contributed by atoms with E-state index in [0.29, 0.717) is 13.0 Å². The van der Waals surface area contributed by atoms with E-state index in [1.54, 1.807) is 6.08 Å². The van der Waals surface area contributed by atoms with Gasteiger partial charge in [0.15, 0.2) is 5.78 Å². The van der Waals surface area contributed by atoms with E-state index in [4.69, 9.17) is 10.5 Å². The number of ether oxygens (including phenoxy) is 1. The van der Waals surface area contributed by atoms with Gasteiger partial charge in [0.05, 0.1) is 11.6 Å². The fraction of sp³-hybridized carbons (Fsp3) is 0.769. The molecule has 1 spiro atoms. The lowest BCUT2D eigenvalue weighted by atomic mass is 9.81. The molecule has 0 aromatic rings. The molecule has 2 N–H and O–H groups in total. The molecule has 0 radical (unpaired) electrons. The van der Waals surface area contributed by atoms with E-state index in [1.165, 1.54) is 0 Å². The molecule has 0 amide bonds. The average Bonchev–Trinajstić information content (AvgIpc) is 2.76. The molecule has 0 aliphatic carbocycles. The summed E-state index contributed by atoms with van der Waals surface area (Å²) in [5.41, 5.74) is 5.85. The topological polar surface area (TPSA) is 52.3 Å². The molecular weight excluding hydrogens is 234 g/mol. The van der Waals surface area contributed by atoms with Crippen molar-refractivity contribution in [1.29, 1.82) is 0 Å². The number of hydrogen-bond acceptors (Lipinski definition) is 4. The third-order valence-corrected chi connectivity index (χ3v) is 4.97. The quantitative estimate of drug-likeness (QED) is 0.778. The summed E-state index contributed by atoms with van der Waals surface area (Å²) in [6.45, 7) is 4.35. The van der Waals surface area contributed by atoms with Crippen LogP contribution in [0.15, 0.2) is 12.7 Å². The van der Waals surface area contributed by atoms with Crippen LogP contribution in [0.3, 0.4) is 0 Å². The number of carbonyl (C=O) groups is 1. The number of Topliss-reactive ketones (excluding diaryl/α,β-unsaturated/α-hetero) is 1. The molecule has 0 bridgehead atoms. The van der Waals surface area contributed by atoms with Crippen LogP contribution in [0.1, 0.15) is 25.7 Å². The van der Waals surface area contributed by atoms with Gasteiger partial charge in [-0.1, -0.05) is 6.08 Å². The van der Waals surface area contributed by atoms with Crippen LogP contribution in [0.2, 0.25) is 0 Å². The summed E-state index contributed by atoms with van der Waals surface area (Å²) in [5, 5.41) is 0. The van der Waals surface area contributed by atoms with Gasteiger partial charge in [-0.3, -0.25) is 4.79 Å². The van der Waals surface area contributed by atoms with Crippen LogP contribution in [0, 0.1) is 5.92 Å². The predicted molar refractivity (Wildman–Crippen MR) is 71.1 cm³/mol. The van der Waals surface area contributed by atoms with Gasteiger partial charge < -0.3 is 10.5 Å². The Hall–Kier alpha value is -0.320. The summed E-state index contributed by atoms with van der Waals surface area (Å²) >= 11 is 1.93. The van der Waals surface area contributed by atoms with Crippen LogP contribution in [-0.4, -0.2) is 35.5 Å². The van der Waals surface area contributed by atoms with Crippen molar-refractivity contribution in [3.63, 3.8) is 0 Å². The molecule has 0 aromatic heterocycles. The Bertz CT molecular complexity index is 300. The summed E-state index contributed by atoms with van der Waals surface area (Å²) in [6, 6.07) is -0.373. The third-order valence-electron chi connectivity index (χ3n) is 3.75. The number of carbonyl (C=O) groups excluding carboxylic acids is 1. The van der Waals surface area contributed by atoms with E-state index in [1.807, 2.05) is 11.8 Å². The largest absolute Gasteiger partial charge is 0.374 e. The standard InChI is InChI=1S/C13H21NO2S/c1-2-3-11(14)12(15)10-4-6-16-13(8-10)5-7-17-9-13/h2,10-11H,1,3-9,14H2. The lowest BCUT2D eigenvalue weighted by Gasteiger charge is -2.37. The highest BCUT2D eigenvalue weighted by molar-refractivity contribution is 7.99. The second kappa shape index (κ2) is 5.55. The Balaban J connectivity index is 1.97. The SMILES string of the molecule is C=CCC(N)C(=O)C1CCOC2(CCSC2)C1. The molecule has 3 unspecified atom stereocenters. The van der Waals surface area contributed by atoms with Crippen LogP contribution in [0.25, 0.3) is 0 Å². The van der Waals surface area contributed by atoms with Gasteiger partial charge >= 0.3 is 0 Å². The van der Waals surface area contributed by atoms with Crippen molar-refractivity contribution in [1.82, 2.24) is 0 Å². The van der Waals surface area contributed by atoms with E-state index in [0.717, 1.165) is 30.8 Å². The first-order valence-corrected chi connectivity index (χ1v) is 7.44. The Kier molecular flexibility index (Phi) is 4.28. The van der Waals surface area contributed by atoms with Crippen LogP contribution in [0.5, 0.6) is 0 Å². The van der Waals surface area contributed by atoms with E-state index < -0.39 is 0 Å². The van der Waals surface area contributed by atoms with Gasteiger partial charge in [-0.05, 0) is 31.4 Å². The summed E-state index contributed by atoms with van der Waals surface area (Å²) < 4.78 is 5.91. The molecule has 2 fully saturated rings. The summed E-state index contributed by atoms with van der Waals surface area (Å²) in [4.78, 5) is 12.2. The Labute approximate surface area is 107 Å². The van der Waals surface area contributed by atoms with Crippen molar-refractivity contribution in [3.8, 4) is 0 Å². The lowest BCUT2D eigenvalue weighted by molar-refractivity contribution is -0.135. The van der Waals surface area contributed by atoms with E-state index in [9.17, 15) is 4.79 Å². The highest BCUT2D eigenvalue weighted by Crippen LogP contribution is 2.40. The van der Waals surface area contributed by atoms with Crippen molar-refractivity contribution in [2.24, 2.45) is 11.7 Å². The molecule has 2 heterocycles. The van der Waals surface area contributed by atoms with Crippen molar-refractivity contribution < 1.29 is 9.53 Å². The van der Waals surface area contributed by atoms with Gasteiger partial charge in [0.1, 0.15) is 0 Å². The van der Waals surface area contributed by atoms with Gasteiger partial charge in [-0.15, -0.1) is 6.58 Å². The van der Waals surface area contributed by atoms with Gasteiger partial charge in [0.2, 0.25) is 0 Å². The van der Waals surface area contributed by atoms with Crippen LogP contribution >= 0.6 is 11.8 Å². The molecule has 2 rings (SSSR count). The Morgan fingerprint density at radius 2 is 2.53 bits per heavy atom. The Morgan fingerprint density at radius 1 is 1.71 bits per heavy atom. The van der Waals surface area contributed by atoms with Crippen molar-refractivity contribution in [2.75, 3.05) is 18.1 Å². The first kappa shape index (κ1) is 13.1. The lowest BCUT2D eigenvalue weighted by Crippen LogP contribution is -2.45. The molecule has 0 aromatic carbocycles. The summed E-state index contributed by atoms with van der Waals surface area (Å²) in [6.07, 6.45) is 5.08.